The summed E-state index contributed by atoms with van der Waals surface area (Å²) in [7, 11) is 0. The zero-order valence-electron chi connectivity index (χ0n) is 12.7. The molecule has 1 aromatic carbocycles. The smallest absolute Gasteiger partial charge is 0.236 e. The summed E-state index contributed by atoms with van der Waals surface area (Å²) in [5.74, 6) is 2.18. The van der Waals surface area contributed by atoms with Gasteiger partial charge in [-0.1, -0.05) is 48.3 Å². The Morgan fingerprint density at radius 1 is 1.26 bits per heavy atom. The highest BCUT2D eigenvalue weighted by Gasteiger charge is 2.35. The van der Waals surface area contributed by atoms with Gasteiger partial charge in [0.2, 0.25) is 5.89 Å². The molecular formula is C16H20ClN3O2S. The normalized spacial score (nSPS) is 16.0. The largest absolute Gasteiger partial charge is 0.338 e. The number of nitrogens with two attached hydrogens (primary N) is 1. The van der Waals surface area contributed by atoms with Gasteiger partial charge in [0.05, 0.1) is 17.0 Å². The lowest BCUT2D eigenvalue weighted by molar-refractivity contribution is 0.102. The number of hydrogen-bond acceptors (Lipinski definition) is 6. The maximum Gasteiger partial charge on any atom is 0.236 e. The topological polar surface area (TPSA) is 82.0 Å². The van der Waals surface area contributed by atoms with Gasteiger partial charge in [-0.25, -0.2) is 0 Å². The van der Waals surface area contributed by atoms with E-state index in [1.807, 2.05) is 30.3 Å². The van der Waals surface area contributed by atoms with Crippen molar-refractivity contribution in [3.05, 3.63) is 47.6 Å². The Morgan fingerprint density at radius 3 is 2.65 bits per heavy atom. The average molecular weight is 354 g/mol. The van der Waals surface area contributed by atoms with Crippen molar-refractivity contribution >= 4 is 30.0 Å². The van der Waals surface area contributed by atoms with Crippen molar-refractivity contribution in [3.63, 3.8) is 0 Å². The van der Waals surface area contributed by atoms with Gasteiger partial charge in [-0.3, -0.25) is 4.79 Å². The van der Waals surface area contributed by atoms with Gasteiger partial charge < -0.3 is 10.3 Å². The molecule has 23 heavy (non-hydrogen) atoms. The number of thioether (sulfide) groups is 1. The monoisotopic (exact) mass is 353 g/mol. The molecule has 1 aromatic heterocycles. The van der Waals surface area contributed by atoms with Gasteiger partial charge in [0, 0.05) is 5.56 Å². The number of hydrogen-bond donors (Lipinski definition) is 1. The summed E-state index contributed by atoms with van der Waals surface area (Å²) in [4.78, 5) is 16.4. The van der Waals surface area contributed by atoms with Crippen LogP contribution in [0.15, 0.2) is 34.9 Å². The van der Waals surface area contributed by atoms with Gasteiger partial charge in [-0.05, 0) is 12.8 Å². The first-order chi connectivity index (χ1) is 10.7. The summed E-state index contributed by atoms with van der Waals surface area (Å²) in [6.07, 6.45) is 4.04. The second kappa shape index (κ2) is 7.95. The van der Waals surface area contributed by atoms with Crippen molar-refractivity contribution in [2.24, 2.45) is 5.73 Å². The minimum atomic E-state index is -0.424. The summed E-state index contributed by atoms with van der Waals surface area (Å²) in [5, 5.41) is 4.02. The number of nitrogens with zero attached hydrogens (tertiary/aromatic N) is 2. The number of carbonyl (C=O) groups excluding carboxylic acids is 1. The van der Waals surface area contributed by atoms with Crippen LogP contribution in [0.1, 0.15) is 47.8 Å². The van der Waals surface area contributed by atoms with Gasteiger partial charge in [0.1, 0.15) is 0 Å². The molecule has 0 saturated heterocycles. The van der Waals surface area contributed by atoms with E-state index in [0.29, 0.717) is 23.2 Å². The molecule has 2 aromatic rings. The van der Waals surface area contributed by atoms with Gasteiger partial charge >= 0.3 is 0 Å². The Kier molecular flexibility index (Phi) is 6.21. The molecule has 7 heteroatoms. The molecule has 1 saturated carbocycles. The maximum atomic E-state index is 12.0. The summed E-state index contributed by atoms with van der Waals surface area (Å²) >= 11 is 1.48. The average Bonchev–Trinajstić information content (AvgIpc) is 3.18. The molecular weight excluding hydrogens is 334 g/mol. The molecule has 0 spiro atoms. The maximum absolute atomic E-state index is 12.0. The fraction of sp³-hybridized carbons (Fsp3) is 0.438. The third-order valence-electron chi connectivity index (χ3n) is 3.96. The zero-order chi connectivity index (χ0) is 15.4. The van der Waals surface area contributed by atoms with E-state index in [9.17, 15) is 4.79 Å². The summed E-state index contributed by atoms with van der Waals surface area (Å²) in [6.45, 7) is 0. The van der Waals surface area contributed by atoms with Crippen molar-refractivity contribution in [1.29, 1.82) is 0 Å². The van der Waals surface area contributed by atoms with E-state index in [4.69, 9.17) is 10.3 Å². The summed E-state index contributed by atoms with van der Waals surface area (Å²) < 4.78 is 5.26. The van der Waals surface area contributed by atoms with E-state index in [-0.39, 0.29) is 18.2 Å². The van der Waals surface area contributed by atoms with Crippen LogP contribution in [0.2, 0.25) is 0 Å². The van der Waals surface area contributed by atoms with Crippen LogP contribution in [0.3, 0.4) is 0 Å². The van der Waals surface area contributed by atoms with E-state index in [2.05, 4.69) is 10.1 Å². The fourth-order valence-corrected chi connectivity index (χ4v) is 3.43. The van der Waals surface area contributed by atoms with Gasteiger partial charge in [0.15, 0.2) is 11.6 Å². The second-order valence-electron chi connectivity index (χ2n) is 5.66. The highest BCUT2D eigenvalue weighted by molar-refractivity contribution is 7.99. The van der Waals surface area contributed by atoms with Crippen LogP contribution < -0.4 is 5.73 Å². The molecule has 1 aliphatic rings. The summed E-state index contributed by atoms with van der Waals surface area (Å²) in [5.41, 5.74) is 6.61. The lowest BCUT2D eigenvalue weighted by Gasteiger charge is -2.17. The number of ketones is 1. The van der Waals surface area contributed by atoms with Gasteiger partial charge in [-0.15, -0.1) is 24.2 Å². The SMILES string of the molecule is Cl.NC1(c2noc(CSCC(=O)c3ccccc3)n2)CCCC1. The highest BCUT2D eigenvalue weighted by atomic mass is 35.5. The second-order valence-corrected chi connectivity index (χ2v) is 6.64. The van der Waals surface area contributed by atoms with Crippen LogP contribution in [0.5, 0.6) is 0 Å². The first-order valence-corrected chi connectivity index (χ1v) is 8.61. The van der Waals surface area contributed by atoms with E-state index < -0.39 is 5.54 Å². The van der Waals surface area contributed by atoms with Crippen molar-refractivity contribution in [3.8, 4) is 0 Å². The standard InChI is InChI=1S/C16H19N3O2S.ClH/c17-16(8-4-5-9-16)15-18-14(21-19-15)11-22-10-13(20)12-6-2-1-3-7-12;/h1-3,6-7H,4-5,8-11,17H2;1H. The molecule has 0 radical (unpaired) electrons. The van der Waals surface area contributed by atoms with E-state index >= 15 is 0 Å². The Labute approximate surface area is 145 Å². The first-order valence-electron chi connectivity index (χ1n) is 7.45. The Balaban J connectivity index is 0.00000192. The quantitative estimate of drug-likeness (QED) is 0.802. The minimum Gasteiger partial charge on any atom is -0.338 e. The van der Waals surface area contributed by atoms with Crippen molar-refractivity contribution in [1.82, 2.24) is 10.1 Å². The van der Waals surface area contributed by atoms with Crippen LogP contribution in [-0.2, 0) is 11.3 Å². The Morgan fingerprint density at radius 2 is 1.96 bits per heavy atom. The van der Waals surface area contributed by atoms with Crippen LogP contribution >= 0.6 is 24.2 Å². The molecule has 0 unspecified atom stereocenters. The molecule has 0 amide bonds. The van der Waals surface area contributed by atoms with Crippen molar-refractivity contribution in [2.75, 3.05) is 5.75 Å². The van der Waals surface area contributed by atoms with Crippen LogP contribution in [0.4, 0.5) is 0 Å². The predicted molar refractivity (Wildman–Crippen MR) is 92.8 cm³/mol. The number of carbonyl (C=O) groups is 1. The number of benzene rings is 1. The van der Waals surface area contributed by atoms with Crippen LogP contribution in [0.25, 0.3) is 0 Å². The number of Topliss-reactive ketones (excluding diaryl/α,β-unsaturated/α-hetero) is 1. The van der Waals surface area contributed by atoms with Crippen LogP contribution in [-0.4, -0.2) is 21.7 Å². The summed E-state index contributed by atoms with van der Waals surface area (Å²) in [6, 6.07) is 9.28. The number of rotatable bonds is 6. The highest BCUT2D eigenvalue weighted by Crippen LogP contribution is 2.34. The predicted octanol–water partition coefficient (Wildman–Crippen LogP) is 3.34. The molecule has 5 nitrogen and oxygen atoms in total. The van der Waals surface area contributed by atoms with E-state index in [0.717, 1.165) is 31.2 Å². The van der Waals surface area contributed by atoms with Gasteiger partial charge in [-0.2, -0.15) is 4.98 Å². The van der Waals surface area contributed by atoms with Gasteiger partial charge in [0.25, 0.3) is 0 Å². The molecule has 0 aliphatic heterocycles. The minimum absolute atomic E-state index is 0. The van der Waals surface area contributed by atoms with Crippen molar-refractivity contribution in [2.45, 2.75) is 37.0 Å². The van der Waals surface area contributed by atoms with E-state index in [1.165, 1.54) is 11.8 Å². The zero-order valence-corrected chi connectivity index (χ0v) is 14.4. The first kappa shape index (κ1) is 18.0. The number of aromatic nitrogens is 2. The Hall–Kier alpha value is -1.37. The molecule has 124 valence electrons. The molecule has 1 aliphatic carbocycles. The molecule has 2 N–H and O–H groups in total. The lowest BCUT2D eigenvalue weighted by Crippen LogP contribution is -2.34. The van der Waals surface area contributed by atoms with Crippen LogP contribution in [0, 0.1) is 0 Å². The number of halogens is 1. The fourth-order valence-electron chi connectivity index (χ4n) is 2.68. The van der Waals surface area contributed by atoms with E-state index in [1.54, 1.807) is 0 Å². The van der Waals surface area contributed by atoms with Crippen molar-refractivity contribution < 1.29 is 9.32 Å². The molecule has 1 heterocycles. The molecule has 0 atom stereocenters. The lowest BCUT2D eigenvalue weighted by atomic mass is 9.99. The Bertz CT molecular complexity index is 642. The molecule has 3 rings (SSSR count). The third kappa shape index (κ3) is 4.34. The third-order valence-corrected chi connectivity index (χ3v) is 4.88. The molecule has 0 bridgehead atoms. The molecule has 1 fully saturated rings.